The Balaban J connectivity index is 1.77. The third-order valence-electron chi connectivity index (χ3n) is 5.77. The first-order chi connectivity index (χ1) is 16.5. The molecule has 0 saturated heterocycles. The molecule has 5 nitrogen and oxygen atoms in total. The third kappa shape index (κ3) is 3.82. The summed E-state index contributed by atoms with van der Waals surface area (Å²) < 4.78 is 27.5. The summed E-state index contributed by atoms with van der Waals surface area (Å²) in [6.45, 7) is 3.40. The molecule has 2 aromatic heterocycles. The van der Waals surface area contributed by atoms with E-state index in [1.54, 1.807) is 36.5 Å². The fourth-order valence-electron chi connectivity index (χ4n) is 4.03. The van der Waals surface area contributed by atoms with Gasteiger partial charge in [-0.15, -0.1) is 0 Å². The van der Waals surface area contributed by atoms with Crippen LogP contribution in [0.4, 0.5) is 4.39 Å². The second kappa shape index (κ2) is 8.72. The lowest BCUT2D eigenvalue weighted by atomic mass is 9.97. The number of pyridine rings is 1. The highest BCUT2D eigenvalue weighted by molar-refractivity contribution is 5.95. The van der Waals surface area contributed by atoms with E-state index in [-0.39, 0.29) is 27.9 Å². The summed E-state index contributed by atoms with van der Waals surface area (Å²) in [7, 11) is 0. The molecule has 0 amide bonds. The third-order valence-corrected chi connectivity index (χ3v) is 5.77. The van der Waals surface area contributed by atoms with Crippen molar-refractivity contribution in [1.29, 1.82) is 0 Å². The van der Waals surface area contributed by atoms with Gasteiger partial charge in [-0.1, -0.05) is 44.2 Å². The first-order valence-electron chi connectivity index (χ1n) is 11.0. The molecule has 0 spiro atoms. The number of hydrogen-bond donors (Lipinski definition) is 1. The quantitative estimate of drug-likeness (QED) is 0.325. The van der Waals surface area contributed by atoms with E-state index in [0.29, 0.717) is 28.4 Å². The number of nitrogens with zero attached hydrogens (tertiary/aromatic N) is 1. The van der Waals surface area contributed by atoms with Crippen molar-refractivity contribution < 1.29 is 18.7 Å². The molecule has 6 heteroatoms. The van der Waals surface area contributed by atoms with Gasteiger partial charge in [0.05, 0.1) is 17.5 Å². The highest BCUT2D eigenvalue weighted by atomic mass is 19.1. The number of ether oxygens (including phenoxy) is 1. The van der Waals surface area contributed by atoms with Crippen LogP contribution in [0.3, 0.4) is 0 Å². The van der Waals surface area contributed by atoms with Crippen LogP contribution in [0.1, 0.15) is 31.1 Å². The van der Waals surface area contributed by atoms with Gasteiger partial charge in [0.2, 0.25) is 0 Å². The van der Waals surface area contributed by atoms with Crippen LogP contribution in [-0.2, 0) is 6.61 Å². The number of aliphatic hydroxyl groups excluding tert-OH is 1. The molecule has 170 valence electrons. The van der Waals surface area contributed by atoms with Gasteiger partial charge in [-0.25, -0.2) is 4.39 Å². The van der Waals surface area contributed by atoms with Gasteiger partial charge in [-0.05, 0) is 24.3 Å². The van der Waals surface area contributed by atoms with E-state index >= 15 is 4.39 Å². The van der Waals surface area contributed by atoms with Crippen LogP contribution in [0.15, 0.2) is 82.1 Å². The molecule has 0 aliphatic rings. The minimum Gasteiger partial charge on any atom is -0.460 e. The second-order valence-corrected chi connectivity index (χ2v) is 8.38. The summed E-state index contributed by atoms with van der Waals surface area (Å²) in [5.41, 5.74) is 1.47. The SMILES string of the molecule is CC(C)c1cc(=O)c2c(-c3cccc(CO)c3F)cc(Oc3ccnc4ccccc34)cc2o1. The van der Waals surface area contributed by atoms with E-state index in [9.17, 15) is 9.90 Å². The molecule has 0 saturated carbocycles. The summed E-state index contributed by atoms with van der Waals surface area (Å²) in [5.74, 6) is 0.882. The zero-order valence-corrected chi connectivity index (χ0v) is 18.7. The Hall–Kier alpha value is -4.03. The van der Waals surface area contributed by atoms with E-state index in [4.69, 9.17) is 9.15 Å². The van der Waals surface area contributed by atoms with Gasteiger partial charge in [-0.3, -0.25) is 9.78 Å². The van der Waals surface area contributed by atoms with Crippen molar-refractivity contribution in [3.63, 3.8) is 0 Å². The highest BCUT2D eigenvalue weighted by Crippen LogP contribution is 2.37. The van der Waals surface area contributed by atoms with Crippen molar-refractivity contribution in [3.05, 3.63) is 100 Å². The molecule has 34 heavy (non-hydrogen) atoms. The number of aromatic nitrogens is 1. The van der Waals surface area contributed by atoms with Crippen LogP contribution >= 0.6 is 0 Å². The summed E-state index contributed by atoms with van der Waals surface area (Å²) in [5, 5.41) is 10.6. The first-order valence-corrected chi connectivity index (χ1v) is 11.0. The van der Waals surface area contributed by atoms with Gasteiger partial charge in [0, 0.05) is 46.3 Å². The Labute approximate surface area is 195 Å². The molecule has 3 aromatic carbocycles. The molecule has 0 atom stereocenters. The largest absolute Gasteiger partial charge is 0.460 e. The minimum absolute atomic E-state index is 0.0104. The fraction of sp³-hybridized carbons (Fsp3) is 0.143. The zero-order valence-electron chi connectivity index (χ0n) is 18.7. The molecule has 5 rings (SSSR count). The average Bonchev–Trinajstić information content (AvgIpc) is 2.83. The molecule has 0 unspecified atom stereocenters. The fourth-order valence-corrected chi connectivity index (χ4v) is 4.03. The minimum atomic E-state index is -0.592. The van der Waals surface area contributed by atoms with E-state index < -0.39 is 12.4 Å². The van der Waals surface area contributed by atoms with Gasteiger partial charge in [-0.2, -0.15) is 0 Å². The number of aliphatic hydroxyl groups is 1. The molecule has 0 aliphatic carbocycles. The monoisotopic (exact) mass is 455 g/mol. The van der Waals surface area contributed by atoms with E-state index in [0.717, 1.165) is 10.9 Å². The Morgan fingerprint density at radius 1 is 1.03 bits per heavy atom. The first kappa shape index (κ1) is 21.8. The highest BCUT2D eigenvalue weighted by Gasteiger charge is 2.19. The van der Waals surface area contributed by atoms with Crippen LogP contribution in [0, 0.1) is 5.82 Å². The number of fused-ring (bicyclic) bond motifs is 2. The summed E-state index contributed by atoms with van der Waals surface area (Å²) in [6, 6.07) is 18.8. The van der Waals surface area contributed by atoms with Crippen LogP contribution in [0.25, 0.3) is 33.0 Å². The number of benzene rings is 3. The van der Waals surface area contributed by atoms with Gasteiger partial charge >= 0.3 is 0 Å². The molecular formula is C28H22FNO4. The van der Waals surface area contributed by atoms with Gasteiger partial charge < -0.3 is 14.3 Å². The van der Waals surface area contributed by atoms with Crippen molar-refractivity contribution in [3.8, 4) is 22.6 Å². The Morgan fingerprint density at radius 3 is 2.65 bits per heavy atom. The van der Waals surface area contributed by atoms with Crippen LogP contribution in [-0.4, -0.2) is 10.1 Å². The van der Waals surface area contributed by atoms with Crippen LogP contribution < -0.4 is 10.2 Å². The number of hydrogen-bond acceptors (Lipinski definition) is 5. The molecular weight excluding hydrogens is 433 g/mol. The maximum atomic E-state index is 15.3. The lowest BCUT2D eigenvalue weighted by Gasteiger charge is -2.14. The van der Waals surface area contributed by atoms with Crippen molar-refractivity contribution >= 4 is 21.9 Å². The van der Waals surface area contributed by atoms with Crippen molar-refractivity contribution in [1.82, 2.24) is 4.98 Å². The molecule has 5 aromatic rings. The van der Waals surface area contributed by atoms with E-state index in [1.165, 1.54) is 12.1 Å². The predicted octanol–water partition coefficient (Wildman–Crippen LogP) is 6.56. The normalized spacial score (nSPS) is 11.4. The molecule has 0 fully saturated rings. The lowest BCUT2D eigenvalue weighted by molar-refractivity contribution is 0.276. The van der Waals surface area contributed by atoms with Crippen LogP contribution in [0.5, 0.6) is 11.5 Å². The molecule has 1 N–H and O–H groups in total. The summed E-state index contributed by atoms with van der Waals surface area (Å²) in [6.07, 6.45) is 1.65. The molecule has 2 heterocycles. The lowest BCUT2D eigenvalue weighted by Crippen LogP contribution is -2.06. The maximum Gasteiger partial charge on any atom is 0.193 e. The molecule has 0 bridgehead atoms. The van der Waals surface area contributed by atoms with Crippen molar-refractivity contribution in [2.75, 3.05) is 0 Å². The number of halogens is 1. The van der Waals surface area contributed by atoms with E-state index in [1.807, 2.05) is 38.1 Å². The van der Waals surface area contributed by atoms with Crippen molar-refractivity contribution in [2.24, 2.45) is 0 Å². The Bertz CT molecular complexity index is 1580. The van der Waals surface area contributed by atoms with Crippen LogP contribution in [0.2, 0.25) is 0 Å². The summed E-state index contributed by atoms with van der Waals surface area (Å²) >= 11 is 0. The standard InChI is InChI=1S/C28H22FNO4/c1-16(2)25-14-23(32)27-21(19-8-5-6-17(15-31)28(19)29)12-18(13-26(27)34-25)33-24-10-11-30-22-9-4-3-7-20(22)24/h3-14,16,31H,15H2,1-2H3. The number of para-hydroxylation sites is 1. The van der Waals surface area contributed by atoms with Gasteiger partial charge in [0.25, 0.3) is 0 Å². The van der Waals surface area contributed by atoms with Gasteiger partial charge in [0.15, 0.2) is 5.43 Å². The molecule has 0 radical (unpaired) electrons. The smallest absolute Gasteiger partial charge is 0.193 e. The Morgan fingerprint density at radius 2 is 1.85 bits per heavy atom. The number of rotatable bonds is 5. The zero-order chi connectivity index (χ0) is 23.8. The summed E-state index contributed by atoms with van der Waals surface area (Å²) in [4.78, 5) is 17.5. The second-order valence-electron chi connectivity index (χ2n) is 8.38. The predicted molar refractivity (Wildman–Crippen MR) is 130 cm³/mol. The molecule has 0 aliphatic heterocycles. The maximum absolute atomic E-state index is 15.3. The topological polar surface area (TPSA) is 72.6 Å². The average molecular weight is 455 g/mol. The Kier molecular flexibility index (Phi) is 5.59. The van der Waals surface area contributed by atoms with Gasteiger partial charge in [0.1, 0.15) is 28.7 Å². The van der Waals surface area contributed by atoms with E-state index in [2.05, 4.69) is 4.98 Å². The van der Waals surface area contributed by atoms with Crippen molar-refractivity contribution in [2.45, 2.75) is 26.4 Å².